The SMILES string of the molecule is Cc1ccc(CN(C)C(=O)CN2C(=O)c3ccc([N+](=O)[O-])cc3C2=O)o1. The van der Waals surface area contributed by atoms with Crippen molar-refractivity contribution in [2.45, 2.75) is 13.5 Å². The summed E-state index contributed by atoms with van der Waals surface area (Å²) in [4.78, 5) is 49.4. The predicted octanol–water partition coefficient (Wildman–Crippen LogP) is 1.75. The highest BCUT2D eigenvalue weighted by atomic mass is 16.6. The summed E-state index contributed by atoms with van der Waals surface area (Å²) in [6.45, 7) is 1.53. The van der Waals surface area contributed by atoms with Crippen LogP contribution in [0.5, 0.6) is 0 Å². The Labute approximate surface area is 147 Å². The maximum Gasteiger partial charge on any atom is 0.270 e. The van der Waals surface area contributed by atoms with Crippen LogP contribution in [0.1, 0.15) is 32.2 Å². The molecule has 9 heteroatoms. The van der Waals surface area contributed by atoms with Gasteiger partial charge in [0.15, 0.2) is 0 Å². The number of hydrogen-bond donors (Lipinski definition) is 0. The molecule has 0 saturated carbocycles. The monoisotopic (exact) mass is 357 g/mol. The molecule has 0 spiro atoms. The van der Waals surface area contributed by atoms with E-state index in [1.807, 2.05) is 0 Å². The summed E-state index contributed by atoms with van der Waals surface area (Å²) in [6.07, 6.45) is 0. The van der Waals surface area contributed by atoms with Crippen molar-refractivity contribution in [1.82, 2.24) is 9.80 Å². The molecule has 1 aliphatic rings. The zero-order valence-electron chi connectivity index (χ0n) is 14.1. The molecule has 0 unspecified atom stereocenters. The van der Waals surface area contributed by atoms with Crippen molar-refractivity contribution in [2.75, 3.05) is 13.6 Å². The van der Waals surface area contributed by atoms with Crippen LogP contribution in [0.15, 0.2) is 34.7 Å². The van der Waals surface area contributed by atoms with Crippen LogP contribution in [-0.2, 0) is 11.3 Å². The lowest BCUT2D eigenvalue weighted by Gasteiger charge is -2.19. The molecule has 0 radical (unpaired) electrons. The van der Waals surface area contributed by atoms with Crippen LogP contribution in [0, 0.1) is 17.0 Å². The Hall–Kier alpha value is -3.49. The molecule has 1 aromatic carbocycles. The first-order valence-electron chi connectivity index (χ1n) is 7.72. The number of rotatable bonds is 5. The lowest BCUT2D eigenvalue weighted by Crippen LogP contribution is -2.40. The highest BCUT2D eigenvalue weighted by Crippen LogP contribution is 2.26. The highest BCUT2D eigenvalue weighted by Gasteiger charge is 2.38. The fourth-order valence-corrected chi connectivity index (χ4v) is 2.68. The lowest BCUT2D eigenvalue weighted by molar-refractivity contribution is -0.384. The van der Waals surface area contributed by atoms with E-state index in [1.165, 1.54) is 18.0 Å². The summed E-state index contributed by atoms with van der Waals surface area (Å²) in [7, 11) is 1.53. The topological polar surface area (TPSA) is 114 Å². The first kappa shape index (κ1) is 17.3. The van der Waals surface area contributed by atoms with E-state index in [1.54, 1.807) is 19.1 Å². The predicted molar refractivity (Wildman–Crippen MR) is 88.4 cm³/mol. The van der Waals surface area contributed by atoms with Gasteiger partial charge in [-0.15, -0.1) is 0 Å². The zero-order valence-corrected chi connectivity index (χ0v) is 14.1. The summed E-state index contributed by atoms with van der Waals surface area (Å²) in [6, 6.07) is 6.94. The smallest absolute Gasteiger partial charge is 0.270 e. The number of carbonyl (C=O) groups excluding carboxylic acids is 3. The molecular weight excluding hydrogens is 342 g/mol. The fraction of sp³-hybridized carbons (Fsp3) is 0.235. The Kier molecular flexibility index (Phi) is 4.29. The van der Waals surface area contributed by atoms with E-state index in [0.29, 0.717) is 11.5 Å². The quantitative estimate of drug-likeness (QED) is 0.457. The molecule has 26 heavy (non-hydrogen) atoms. The number of nitrogens with zero attached hydrogens (tertiary/aromatic N) is 3. The van der Waals surface area contributed by atoms with Gasteiger partial charge in [0.2, 0.25) is 5.91 Å². The molecule has 0 aliphatic carbocycles. The Morgan fingerprint density at radius 3 is 2.50 bits per heavy atom. The molecular formula is C17H15N3O6. The molecule has 134 valence electrons. The van der Waals surface area contributed by atoms with Crippen LogP contribution in [0.4, 0.5) is 5.69 Å². The van der Waals surface area contributed by atoms with Gasteiger partial charge in [-0.1, -0.05) is 0 Å². The average Bonchev–Trinajstić information content (AvgIpc) is 3.11. The van der Waals surface area contributed by atoms with Crippen LogP contribution < -0.4 is 0 Å². The number of carbonyl (C=O) groups is 3. The van der Waals surface area contributed by atoms with Gasteiger partial charge in [-0.05, 0) is 25.1 Å². The van der Waals surface area contributed by atoms with Crippen LogP contribution in [0.3, 0.4) is 0 Å². The number of aryl methyl sites for hydroxylation is 1. The Morgan fingerprint density at radius 2 is 1.88 bits per heavy atom. The minimum atomic E-state index is -0.718. The summed E-state index contributed by atoms with van der Waals surface area (Å²) in [5, 5.41) is 10.8. The lowest BCUT2D eigenvalue weighted by atomic mass is 10.1. The summed E-state index contributed by atoms with van der Waals surface area (Å²) in [5.41, 5.74) is -0.303. The second kappa shape index (κ2) is 6.43. The third-order valence-corrected chi connectivity index (χ3v) is 4.07. The molecule has 0 N–H and O–H groups in total. The van der Waals surface area contributed by atoms with Gasteiger partial charge in [0.05, 0.1) is 22.6 Å². The van der Waals surface area contributed by atoms with Crippen LogP contribution >= 0.6 is 0 Å². The molecule has 0 atom stereocenters. The number of likely N-dealkylation sites (N-methyl/N-ethyl adjacent to an activating group) is 1. The van der Waals surface area contributed by atoms with Crippen molar-refractivity contribution in [1.29, 1.82) is 0 Å². The van der Waals surface area contributed by atoms with Crippen molar-refractivity contribution < 1.29 is 23.7 Å². The number of fused-ring (bicyclic) bond motifs is 1. The molecule has 0 fully saturated rings. The van der Waals surface area contributed by atoms with Crippen molar-refractivity contribution in [3.8, 4) is 0 Å². The van der Waals surface area contributed by atoms with Crippen LogP contribution in [0.2, 0.25) is 0 Å². The molecule has 0 bridgehead atoms. The van der Waals surface area contributed by atoms with Crippen LogP contribution in [0.25, 0.3) is 0 Å². The standard InChI is InChI=1S/C17H15N3O6/c1-10-3-5-12(26-10)8-18(2)15(21)9-19-16(22)13-6-4-11(20(24)25)7-14(13)17(19)23/h3-7H,8-9H2,1-2H3. The van der Waals surface area contributed by atoms with E-state index >= 15 is 0 Å². The maximum absolute atomic E-state index is 12.4. The third-order valence-electron chi connectivity index (χ3n) is 4.07. The van der Waals surface area contributed by atoms with Crippen molar-refractivity contribution >= 4 is 23.4 Å². The number of amides is 3. The van der Waals surface area contributed by atoms with Crippen molar-refractivity contribution in [2.24, 2.45) is 0 Å². The molecule has 0 saturated heterocycles. The largest absolute Gasteiger partial charge is 0.464 e. The average molecular weight is 357 g/mol. The fourth-order valence-electron chi connectivity index (χ4n) is 2.68. The summed E-state index contributed by atoms with van der Waals surface area (Å²) >= 11 is 0. The number of furan rings is 1. The summed E-state index contributed by atoms with van der Waals surface area (Å²) in [5.74, 6) is -0.526. The van der Waals surface area contributed by atoms with E-state index < -0.39 is 29.2 Å². The van der Waals surface area contributed by atoms with Gasteiger partial charge in [0, 0.05) is 19.2 Å². The van der Waals surface area contributed by atoms with Crippen molar-refractivity contribution in [3.05, 3.63) is 63.1 Å². The van der Waals surface area contributed by atoms with E-state index in [9.17, 15) is 24.5 Å². The third kappa shape index (κ3) is 3.06. The molecule has 2 heterocycles. The molecule has 1 aromatic heterocycles. The molecule has 9 nitrogen and oxygen atoms in total. The minimum Gasteiger partial charge on any atom is -0.464 e. The first-order valence-corrected chi connectivity index (χ1v) is 7.72. The second-order valence-corrected chi connectivity index (χ2v) is 5.95. The van der Waals surface area contributed by atoms with Crippen LogP contribution in [-0.4, -0.2) is 46.0 Å². The second-order valence-electron chi connectivity index (χ2n) is 5.95. The summed E-state index contributed by atoms with van der Waals surface area (Å²) < 4.78 is 5.40. The number of nitro groups is 1. The molecule has 2 aromatic rings. The Bertz CT molecular complexity index is 932. The van der Waals surface area contributed by atoms with E-state index in [0.717, 1.165) is 17.0 Å². The molecule has 1 aliphatic heterocycles. The number of imide groups is 1. The van der Waals surface area contributed by atoms with Gasteiger partial charge in [0.25, 0.3) is 17.5 Å². The van der Waals surface area contributed by atoms with Gasteiger partial charge in [0.1, 0.15) is 18.1 Å². The maximum atomic E-state index is 12.4. The van der Waals surface area contributed by atoms with E-state index in [4.69, 9.17) is 4.42 Å². The van der Waals surface area contributed by atoms with Gasteiger partial charge < -0.3 is 9.32 Å². The Morgan fingerprint density at radius 1 is 1.19 bits per heavy atom. The highest BCUT2D eigenvalue weighted by molar-refractivity contribution is 6.22. The Balaban J connectivity index is 1.73. The first-order chi connectivity index (χ1) is 12.3. The van der Waals surface area contributed by atoms with Crippen molar-refractivity contribution in [3.63, 3.8) is 0 Å². The minimum absolute atomic E-state index is 0.0534. The van der Waals surface area contributed by atoms with Gasteiger partial charge in [-0.3, -0.25) is 29.4 Å². The zero-order chi connectivity index (χ0) is 19.0. The van der Waals surface area contributed by atoms with E-state index in [-0.39, 0.29) is 23.4 Å². The van der Waals surface area contributed by atoms with Gasteiger partial charge in [-0.2, -0.15) is 0 Å². The van der Waals surface area contributed by atoms with E-state index in [2.05, 4.69) is 0 Å². The normalized spacial score (nSPS) is 13.1. The number of nitro benzene ring substituents is 1. The molecule has 3 rings (SSSR count). The number of non-ortho nitro benzene ring substituents is 1. The van der Waals surface area contributed by atoms with Gasteiger partial charge >= 0.3 is 0 Å². The number of benzene rings is 1. The number of hydrogen-bond acceptors (Lipinski definition) is 6. The van der Waals surface area contributed by atoms with Gasteiger partial charge in [-0.25, -0.2) is 0 Å². The molecule has 3 amide bonds.